The normalized spacial score (nSPS) is 22.9. The summed E-state index contributed by atoms with van der Waals surface area (Å²) >= 11 is 1.71. The molecule has 5 nitrogen and oxygen atoms in total. The third-order valence-electron chi connectivity index (χ3n) is 5.99. The molecule has 0 radical (unpaired) electrons. The van der Waals surface area contributed by atoms with E-state index in [4.69, 9.17) is 0 Å². The lowest BCUT2D eigenvalue weighted by molar-refractivity contribution is -0.141. The Labute approximate surface area is 145 Å². The first-order chi connectivity index (χ1) is 11.6. The van der Waals surface area contributed by atoms with Crippen LogP contribution in [-0.2, 0) is 4.79 Å². The van der Waals surface area contributed by atoms with E-state index in [1.54, 1.807) is 17.7 Å². The highest BCUT2D eigenvalue weighted by Gasteiger charge is 2.55. The van der Waals surface area contributed by atoms with Crippen molar-refractivity contribution in [3.63, 3.8) is 0 Å². The van der Waals surface area contributed by atoms with Crippen LogP contribution in [0.2, 0.25) is 0 Å². The van der Waals surface area contributed by atoms with Crippen molar-refractivity contribution in [2.75, 3.05) is 31.1 Å². The minimum absolute atomic E-state index is 0.310. The number of hydrogen-bond donors (Lipinski definition) is 0. The average molecular weight is 342 g/mol. The molecule has 0 unspecified atom stereocenters. The van der Waals surface area contributed by atoms with Crippen LogP contribution in [0.15, 0.2) is 12.4 Å². The molecule has 0 N–H and O–H groups in total. The molecular formula is C18H22N4OS. The standard InChI is InChI=1S/C18H22N4OS/c1-12-8-14-15(19-11-20-16(14)24-12)21-4-6-22(7-5-21)17(23)13-9-18(10-13)2-3-18/h8,11,13H,2-7,9-10H2,1H3. The average Bonchev–Trinajstić information content (AvgIpc) is 3.27. The summed E-state index contributed by atoms with van der Waals surface area (Å²) in [6.45, 7) is 5.47. The van der Waals surface area contributed by atoms with Crippen LogP contribution in [0.25, 0.3) is 10.2 Å². The molecule has 1 spiro atoms. The quantitative estimate of drug-likeness (QED) is 0.842. The molecule has 1 saturated heterocycles. The molecule has 5 rings (SSSR count). The second-order valence-corrected chi connectivity index (χ2v) is 8.93. The topological polar surface area (TPSA) is 49.3 Å². The van der Waals surface area contributed by atoms with Gasteiger partial charge in [-0.1, -0.05) is 0 Å². The number of carbonyl (C=O) groups excluding carboxylic acids is 1. The largest absolute Gasteiger partial charge is 0.352 e. The second-order valence-electron chi connectivity index (χ2n) is 7.69. The number of aromatic nitrogens is 2. The lowest BCUT2D eigenvalue weighted by Gasteiger charge is -2.41. The highest BCUT2D eigenvalue weighted by atomic mass is 32.1. The number of fused-ring (bicyclic) bond motifs is 1. The summed E-state index contributed by atoms with van der Waals surface area (Å²) in [6, 6.07) is 2.18. The van der Waals surface area contributed by atoms with Crippen molar-refractivity contribution in [3.05, 3.63) is 17.3 Å². The number of piperazine rings is 1. The van der Waals surface area contributed by atoms with Crippen molar-refractivity contribution < 1.29 is 4.79 Å². The molecule has 2 saturated carbocycles. The van der Waals surface area contributed by atoms with Crippen LogP contribution in [-0.4, -0.2) is 47.0 Å². The molecule has 126 valence electrons. The maximum atomic E-state index is 12.6. The molecule has 1 aliphatic heterocycles. The number of thiophene rings is 1. The van der Waals surface area contributed by atoms with Crippen LogP contribution in [0.3, 0.4) is 0 Å². The second kappa shape index (κ2) is 5.15. The smallest absolute Gasteiger partial charge is 0.225 e. The Balaban J connectivity index is 1.27. The molecule has 3 heterocycles. The molecule has 0 bridgehead atoms. The zero-order chi connectivity index (χ0) is 16.3. The van der Waals surface area contributed by atoms with Gasteiger partial charge in [0.15, 0.2) is 0 Å². The molecular weight excluding hydrogens is 320 g/mol. The predicted molar refractivity (Wildman–Crippen MR) is 95.3 cm³/mol. The van der Waals surface area contributed by atoms with Crippen LogP contribution in [0, 0.1) is 18.3 Å². The summed E-state index contributed by atoms with van der Waals surface area (Å²) in [4.78, 5) is 28.2. The van der Waals surface area contributed by atoms with Gasteiger partial charge in [0.25, 0.3) is 0 Å². The molecule has 3 aliphatic rings. The number of anilines is 1. The first kappa shape index (κ1) is 14.6. The van der Waals surface area contributed by atoms with Gasteiger partial charge in [0, 0.05) is 37.0 Å². The van der Waals surface area contributed by atoms with Crippen molar-refractivity contribution in [2.45, 2.75) is 32.6 Å². The first-order valence-corrected chi connectivity index (χ1v) is 9.70. The van der Waals surface area contributed by atoms with E-state index >= 15 is 0 Å². The van der Waals surface area contributed by atoms with E-state index in [0.717, 1.165) is 55.1 Å². The van der Waals surface area contributed by atoms with Gasteiger partial charge in [-0.2, -0.15) is 0 Å². The fourth-order valence-corrected chi connectivity index (χ4v) is 5.20. The van der Waals surface area contributed by atoms with Crippen molar-refractivity contribution in [2.24, 2.45) is 11.3 Å². The van der Waals surface area contributed by atoms with E-state index in [2.05, 4.69) is 32.8 Å². The zero-order valence-electron chi connectivity index (χ0n) is 14.0. The molecule has 6 heteroatoms. The van der Waals surface area contributed by atoms with E-state index in [-0.39, 0.29) is 0 Å². The van der Waals surface area contributed by atoms with E-state index in [1.807, 2.05) is 0 Å². The van der Waals surface area contributed by atoms with Gasteiger partial charge < -0.3 is 9.80 Å². The Morgan fingerprint density at radius 1 is 1.21 bits per heavy atom. The van der Waals surface area contributed by atoms with Crippen LogP contribution in [0.4, 0.5) is 5.82 Å². The molecule has 3 fully saturated rings. The third kappa shape index (κ3) is 2.31. The molecule has 0 aromatic carbocycles. The van der Waals surface area contributed by atoms with Gasteiger partial charge >= 0.3 is 0 Å². The highest BCUT2D eigenvalue weighted by Crippen LogP contribution is 2.63. The summed E-state index contributed by atoms with van der Waals surface area (Å²) < 4.78 is 0. The van der Waals surface area contributed by atoms with Gasteiger partial charge in [0.1, 0.15) is 17.0 Å². The SMILES string of the molecule is Cc1cc2c(N3CCN(C(=O)C4CC5(CC5)C4)CC3)ncnc2s1. The minimum Gasteiger partial charge on any atom is -0.352 e. The van der Waals surface area contributed by atoms with E-state index in [1.165, 1.54) is 17.7 Å². The molecule has 2 aliphatic carbocycles. The van der Waals surface area contributed by atoms with Crippen LogP contribution in [0.5, 0.6) is 0 Å². The summed E-state index contributed by atoms with van der Waals surface area (Å²) in [5.41, 5.74) is 0.603. The Hall–Kier alpha value is -1.69. The third-order valence-corrected chi connectivity index (χ3v) is 6.95. The summed E-state index contributed by atoms with van der Waals surface area (Å²) in [5, 5.41) is 1.15. The maximum Gasteiger partial charge on any atom is 0.225 e. The minimum atomic E-state index is 0.310. The lowest BCUT2D eigenvalue weighted by atomic mass is 9.71. The Morgan fingerprint density at radius 3 is 2.67 bits per heavy atom. The Bertz CT molecular complexity index is 796. The fraction of sp³-hybridized carbons (Fsp3) is 0.611. The van der Waals surface area contributed by atoms with E-state index in [0.29, 0.717) is 17.2 Å². The van der Waals surface area contributed by atoms with Gasteiger partial charge in [0.2, 0.25) is 5.91 Å². The summed E-state index contributed by atoms with van der Waals surface area (Å²) in [5.74, 6) is 1.73. The van der Waals surface area contributed by atoms with Crippen molar-refractivity contribution in [1.82, 2.24) is 14.9 Å². The first-order valence-electron chi connectivity index (χ1n) is 8.88. The summed E-state index contributed by atoms with van der Waals surface area (Å²) in [7, 11) is 0. The van der Waals surface area contributed by atoms with E-state index < -0.39 is 0 Å². The van der Waals surface area contributed by atoms with Gasteiger partial charge in [-0.15, -0.1) is 11.3 Å². The Morgan fingerprint density at radius 2 is 1.96 bits per heavy atom. The lowest BCUT2D eigenvalue weighted by Crippen LogP contribution is -2.52. The van der Waals surface area contributed by atoms with Gasteiger partial charge in [0.05, 0.1) is 5.39 Å². The van der Waals surface area contributed by atoms with Gasteiger partial charge in [-0.3, -0.25) is 4.79 Å². The number of amides is 1. The molecule has 0 atom stereocenters. The van der Waals surface area contributed by atoms with Crippen molar-refractivity contribution >= 4 is 33.3 Å². The van der Waals surface area contributed by atoms with Gasteiger partial charge in [-0.05, 0) is 44.1 Å². The van der Waals surface area contributed by atoms with Crippen molar-refractivity contribution in [1.29, 1.82) is 0 Å². The number of rotatable bonds is 2. The zero-order valence-corrected chi connectivity index (χ0v) is 14.8. The number of carbonyl (C=O) groups is 1. The maximum absolute atomic E-state index is 12.6. The van der Waals surface area contributed by atoms with Crippen LogP contribution in [0.1, 0.15) is 30.6 Å². The number of hydrogen-bond acceptors (Lipinski definition) is 5. The fourth-order valence-electron chi connectivity index (χ4n) is 4.36. The monoisotopic (exact) mass is 342 g/mol. The number of aryl methyl sites for hydroxylation is 1. The van der Waals surface area contributed by atoms with Crippen molar-refractivity contribution in [3.8, 4) is 0 Å². The molecule has 2 aromatic rings. The molecule has 2 aromatic heterocycles. The van der Waals surface area contributed by atoms with Crippen LogP contribution < -0.4 is 4.90 Å². The van der Waals surface area contributed by atoms with Crippen LogP contribution >= 0.6 is 11.3 Å². The number of nitrogens with zero attached hydrogens (tertiary/aromatic N) is 4. The highest BCUT2D eigenvalue weighted by molar-refractivity contribution is 7.18. The molecule has 24 heavy (non-hydrogen) atoms. The van der Waals surface area contributed by atoms with Gasteiger partial charge in [-0.25, -0.2) is 9.97 Å². The predicted octanol–water partition coefficient (Wildman–Crippen LogP) is 2.84. The Kier molecular flexibility index (Phi) is 3.14. The van der Waals surface area contributed by atoms with E-state index in [9.17, 15) is 4.79 Å². The summed E-state index contributed by atoms with van der Waals surface area (Å²) in [6.07, 6.45) is 6.66. The molecule has 1 amide bonds.